The number of alkyl halides is 2. The second kappa shape index (κ2) is 10.1. The summed E-state index contributed by atoms with van der Waals surface area (Å²) in [6.07, 6.45) is 6.21. The van der Waals surface area contributed by atoms with Crippen molar-refractivity contribution in [2.75, 3.05) is 38.0 Å². The van der Waals surface area contributed by atoms with Crippen molar-refractivity contribution in [1.29, 1.82) is 0 Å². The molecule has 2 heterocycles. The Bertz CT molecular complexity index is 937. The Kier molecular flexibility index (Phi) is 6.99. The van der Waals surface area contributed by atoms with Gasteiger partial charge < -0.3 is 15.0 Å². The molecule has 8 nitrogen and oxygen atoms in total. The number of nitrogens with zero attached hydrogens (tertiary/aromatic N) is 4. The van der Waals surface area contributed by atoms with Crippen molar-refractivity contribution in [1.82, 2.24) is 19.6 Å². The maximum Gasteiger partial charge on any atom is 0.387 e. The summed E-state index contributed by atoms with van der Waals surface area (Å²) in [5, 5.41) is 7.32. The van der Waals surface area contributed by atoms with Gasteiger partial charge in [-0.15, -0.1) is 0 Å². The van der Waals surface area contributed by atoms with Gasteiger partial charge >= 0.3 is 6.61 Å². The lowest BCUT2D eigenvalue weighted by molar-refractivity contribution is -0.117. The summed E-state index contributed by atoms with van der Waals surface area (Å²) < 4.78 is 31.6. The van der Waals surface area contributed by atoms with Crippen LogP contribution in [0.15, 0.2) is 36.5 Å². The number of ether oxygens (including phenoxy) is 1. The van der Waals surface area contributed by atoms with E-state index in [-0.39, 0.29) is 29.7 Å². The normalized spacial score (nSPS) is 17.7. The van der Waals surface area contributed by atoms with Crippen LogP contribution in [-0.2, 0) is 4.79 Å². The quantitative estimate of drug-likeness (QED) is 0.706. The average molecular weight is 447 g/mol. The molecule has 1 N–H and O–H groups in total. The van der Waals surface area contributed by atoms with E-state index in [4.69, 9.17) is 0 Å². The molecule has 1 aromatic carbocycles. The Morgan fingerprint density at radius 2 is 1.81 bits per heavy atom. The van der Waals surface area contributed by atoms with E-state index in [1.807, 2.05) is 15.6 Å². The molecule has 1 aliphatic heterocycles. The number of hydrogen-bond acceptors (Lipinski definition) is 5. The maximum atomic E-state index is 12.8. The van der Waals surface area contributed by atoms with E-state index < -0.39 is 6.61 Å². The molecule has 1 aromatic heterocycles. The van der Waals surface area contributed by atoms with E-state index in [1.165, 1.54) is 25.0 Å². The summed E-state index contributed by atoms with van der Waals surface area (Å²) in [5.41, 5.74) is 0.110. The SMILES string of the molecule is O=C(CN1CCN(C(=O)c2ccccc2OC(F)F)CC1)Nc1ccnn1C1CCCC1. The molecule has 2 aromatic rings. The first-order valence-corrected chi connectivity index (χ1v) is 10.9. The highest BCUT2D eigenvalue weighted by atomic mass is 19.3. The molecule has 0 unspecified atom stereocenters. The van der Waals surface area contributed by atoms with Crippen molar-refractivity contribution in [3.8, 4) is 5.75 Å². The molecule has 2 amide bonds. The van der Waals surface area contributed by atoms with Gasteiger partial charge in [-0.25, -0.2) is 4.68 Å². The zero-order valence-electron chi connectivity index (χ0n) is 17.8. The first-order chi connectivity index (χ1) is 15.5. The Morgan fingerprint density at radius 1 is 1.09 bits per heavy atom. The van der Waals surface area contributed by atoms with Crippen LogP contribution in [0.2, 0.25) is 0 Å². The first-order valence-electron chi connectivity index (χ1n) is 10.9. The number of para-hydroxylation sites is 1. The highest BCUT2D eigenvalue weighted by molar-refractivity contribution is 5.97. The topological polar surface area (TPSA) is 79.7 Å². The number of hydrogen-bond donors (Lipinski definition) is 1. The summed E-state index contributed by atoms with van der Waals surface area (Å²) in [6, 6.07) is 8.15. The van der Waals surface area contributed by atoms with Crippen molar-refractivity contribution in [3.63, 3.8) is 0 Å². The molecule has 1 saturated carbocycles. The molecule has 2 aliphatic rings. The van der Waals surface area contributed by atoms with Crippen molar-refractivity contribution in [3.05, 3.63) is 42.1 Å². The van der Waals surface area contributed by atoms with Gasteiger partial charge in [0.2, 0.25) is 5.91 Å². The monoisotopic (exact) mass is 447 g/mol. The molecule has 32 heavy (non-hydrogen) atoms. The Balaban J connectivity index is 1.29. The van der Waals surface area contributed by atoms with E-state index in [1.54, 1.807) is 23.2 Å². The molecule has 2 fully saturated rings. The van der Waals surface area contributed by atoms with Crippen LogP contribution < -0.4 is 10.1 Å². The van der Waals surface area contributed by atoms with Crippen molar-refractivity contribution in [2.24, 2.45) is 0 Å². The van der Waals surface area contributed by atoms with Crippen LogP contribution in [0, 0.1) is 0 Å². The smallest absolute Gasteiger partial charge is 0.387 e. The van der Waals surface area contributed by atoms with E-state index in [0.29, 0.717) is 38.0 Å². The predicted molar refractivity (Wildman–Crippen MR) is 114 cm³/mol. The van der Waals surface area contributed by atoms with Crippen LogP contribution in [0.5, 0.6) is 5.75 Å². The molecular formula is C22H27F2N5O3. The fourth-order valence-electron chi connectivity index (χ4n) is 4.36. The average Bonchev–Trinajstić information content (AvgIpc) is 3.45. The molecule has 10 heteroatoms. The highest BCUT2D eigenvalue weighted by Gasteiger charge is 2.26. The molecule has 0 bridgehead atoms. The largest absolute Gasteiger partial charge is 0.434 e. The van der Waals surface area contributed by atoms with E-state index in [9.17, 15) is 18.4 Å². The number of carbonyl (C=O) groups is 2. The minimum atomic E-state index is -3.00. The summed E-state index contributed by atoms with van der Waals surface area (Å²) in [4.78, 5) is 28.9. The molecular weight excluding hydrogens is 420 g/mol. The number of amides is 2. The minimum absolute atomic E-state index is 0.110. The van der Waals surface area contributed by atoms with Crippen LogP contribution in [0.4, 0.5) is 14.6 Å². The van der Waals surface area contributed by atoms with Gasteiger partial charge in [-0.1, -0.05) is 25.0 Å². The zero-order valence-corrected chi connectivity index (χ0v) is 17.8. The summed E-state index contributed by atoms with van der Waals surface area (Å²) in [7, 11) is 0. The van der Waals surface area contributed by atoms with Crippen LogP contribution in [0.25, 0.3) is 0 Å². The summed E-state index contributed by atoms with van der Waals surface area (Å²) in [6.45, 7) is -0.963. The number of anilines is 1. The third kappa shape index (κ3) is 5.24. The molecule has 1 aliphatic carbocycles. The van der Waals surface area contributed by atoms with Crippen molar-refractivity contribution >= 4 is 17.6 Å². The standard InChI is InChI=1S/C22H27F2N5O3/c23-22(24)32-18-8-4-3-7-17(18)21(31)28-13-11-27(12-14-28)15-20(30)26-19-9-10-25-29(19)16-5-1-2-6-16/h3-4,7-10,16,22H,1-2,5-6,11-15H2,(H,26,30). The predicted octanol–water partition coefficient (Wildman–Crippen LogP) is 3.00. The maximum absolute atomic E-state index is 12.8. The lowest BCUT2D eigenvalue weighted by atomic mass is 10.1. The van der Waals surface area contributed by atoms with E-state index >= 15 is 0 Å². The van der Waals surface area contributed by atoms with Crippen molar-refractivity contribution in [2.45, 2.75) is 38.3 Å². The Morgan fingerprint density at radius 3 is 2.53 bits per heavy atom. The number of aromatic nitrogens is 2. The van der Waals surface area contributed by atoms with Crippen LogP contribution in [-0.4, -0.2) is 70.7 Å². The van der Waals surface area contributed by atoms with Crippen molar-refractivity contribution < 1.29 is 23.1 Å². The van der Waals surface area contributed by atoms with Crippen LogP contribution >= 0.6 is 0 Å². The second-order valence-electron chi connectivity index (χ2n) is 8.09. The molecule has 0 atom stereocenters. The number of halogens is 2. The van der Waals surface area contributed by atoms with E-state index in [0.717, 1.165) is 12.8 Å². The lowest BCUT2D eigenvalue weighted by Crippen LogP contribution is -2.50. The first kappa shape index (κ1) is 22.2. The number of benzene rings is 1. The summed E-state index contributed by atoms with van der Waals surface area (Å²) in [5.74, 6) is 0.102. The van der Waals surface area contributed by atoms with Gasteiger partial charge in [0.15, 0.2) is 0 Å². The number of piperazine rings is 1. The van der Waals surface area contributed by atoms with Crippen LogP contribution in [0.3, 0.4) is 0 Å². The lowest BCUT2D eigenvalue weighted by Gasteiger charge is -2.34. The third-order valence-electron chi connectivity index (χ3n) is 5.97. The number of nitrogens with one attached hydrogen (secondary N) is 1. The number of rotatable bonds is 7. The van der Waals surface area contributed by atoms with Gasteiger partial charge in [-0.3, -0.25) is 14.5 Å². The molecule has 0 spiro atoms. The van der Waals surface area contributed by atoms with Gasteiger partial charge in [0.1, 0.15) is 11.6 Å². The molecule has 1 saturated heterocycles. The highest BCUT2D eigenvalue weighted by Crippen LogP contribution is 2.31. The van der Waals surface area contributed by atoms with Gasteiger partial charge in [0.25, 0.3) is 5.91 Å². The third-order valence-corrected chi connectivity index (χ3v) is 5.97. The fourth-order valence-corrected chi connectivity index (χ4v) is 4.36. The Labute approximate surface area is 185 Å². The van der Waals surface area contributed by atoms with Crippen LogP contribution in [0.1, 0.15) is 42.1 Å². The second-order valence-corrected chi connectivity index (χ2v) is 8.09. The molecule has 4 rings (SSSR count). The zero-order chi connectivity index (χ0) is 22.5. The molecule has 0 radical (unpaired) electrons. The van der Waals surface area contributed by atoms with Gasteiger partial charge in [0, 0.05) is 32.2 Å². The van der Waals surface area contributed by atoms with Gasteiger partial charge in [-0.2, -0.15) is 13.9 Å². The fraction of sp³-hybridized carbons (Fsp3) is 0.500. The van der Waals surface area contributed by atoms with Gasteiger partial charge in [0.05, 0.1) is 24.3 Å². The van der Waals surface area contributed by atoms with E-state index in [2.05, 4.69) is 15.2 Å². The molecule has 172 valence electrons. The minimum Gasteiger partial charge on any atom is -0.434 e. The summed E-state index contributed by atoms with van der Waals surface area (Å²) >= 11 is 0. The Hall–Kier alpha value is -3.01. The number of carbonyl (C=O) groups excluding carboxylic acids is 2. The van der Waals surface area contributed by atoms with Gasteiger partial charge in [-0.05, 0) is 25.0 Å².